The quantitative estimate of drug-likeness (QED) is 0.780. The van der Waals surface area contributed by atoms with Crippen LogP contribution in [0, 0.1) is 5.92 Å². The molecule has 1 aromatic carbocycles. The highest BCUT2D eigenvalue weighted by Crippen LogP contribution is 2.19. The van der Waals surface area contributed by atoms with Gasteiger partial charge in [-0.3, -0.25) is 4.90 Å². The molecule has 4 heteroatoms. The number of nitrogens with zero attached hydrogens (tertiary/aromatic N) is 2. The summed E-state index contributed by atoms with van der Waals surface area (Å²) in [6.45, 7) is 9.10. The third kappa shape index (κ3) is 4.90. The van der Waals surface area contributed by atoms with Gasteiger partial charge in [-0.1, -0.05) is 36.9 Å². The van der Waals surface area contributed by atoms with Crippen molar-refractivity contribution in [3.05, 3.63) is 48.2 Å². The largest absolute Gasteiger partial charge is 0.416 e. The minimum absolute atomic E-state index is 0.316. The zero-order valence-electron chi connectivity index (χ0n) is 12.9. The lowest BCUT2D eigenvalue weighted by molar-refractivity contribution is 0.132. The van der Waals surface area contributed by atoms with Crippen molar-refractivity contribution in [1.29, 1.82) is 0 Å². The van der Waals surface area contributed by atoms with Crippen molar-refractivity contribution in [1.82, 2.24) is 9.80 Å². The summed E-state index contributed by atoms with van der Waals surface area (Å²) in [5.41, 5.74) is 1.34. The molecule has 0 bridgehead atoms. The standard InChI is InChI=1S/C17H24N2O2/c1-14(2)21-17(20)18(3)11-16-9-10-19(13-16)12-15-7-5-4-6-8-15/h4-8,16H,1,9-13H2,2-3H3. The van der Waals surface area contributed by atoms with Gasteiger partial charge in [0.15, 0.2) is 0 Å². The van der Waals surface area contributed by atoms with Gasteiger partial charge in [0.1, 0.15) is 0 Å². The molecule has 1 aliphatic rings. The van der Waals surface area contributed by atoms with Gasteiger partial charge >= 0.3 is 6.09 Å². The molecule has 114 valence electrons. The molecular formula is C17H24N2O2. The maximum Gasteiger partial charge on any atom is 0.414 e. The van der Waals surface area contributed by atoms with Gasteiger partial charge in [0.25, 0.3) is 0 Å². The summed E-state index contributed by atoms with van der Waals surface area (Å²) in [4.78, 5) is 15.8. The van der Waals surface area contributed by atoms with E-state index < -0.39 is 0 Å². The van der Waals surface area contributed by atoms with Crippen LogP contribution in [-0.2, 0) is 11.3 Å². The predicted molar refractivity (Wildman–Crippen MR) is 83.8 cm³/mol. The molecule has 0 N–H and O–H groups in total. The first-order valence-electron chi connectivity index (χ1n) is 7.39. The lowest BCUT2D eigenvalue weighted by Crippen LogP contribution is -2.33. The first-order valence-corrected chi connectivity index (χ1v) is 7.39. The highest BCUT2D eigenvalue weighted by molar-refractivity contribution is 5.68. The fraction of sp³-hybridized carbons (Fsp3) is 0.471. The lowest BCUT2D eigenvalue weighted by atomic mass is 10.1. The van der Waals surface area contributed by atoms with E-state index in [1.165, 1.54) is 5.56 Å². The number of allylic oxidation sites excluding steroid dienone is 1. The monoisotopic (exact) mass is 288 g/mol. The number of hydrogen-bond donors (Lipinski definition) is 0. The van der Waals surface area contributed by atoms with Gasteiger partial charge in [0, 0.05) is 26.7 Å². The zero-order chi connectivity index (χ0) is 15.2. The second-order valence-corrected chi connectivity index (χ2v) is 5.83. The Kier molecular flexibility index (Phi) is 5.39. The Morgan fingerprint density at radius 2 is 2.14 bits per heavy atom. The van der Waals surface area contributed by atoms with Crippen LogP contribution in [0.2, 0.25) is 0 Å². The van der Waals surface area contributed by atoms with E-state index in [1.807, 2.05) is 6.07 Å². The Labute approximate surface area is 127 Å². The smallest absolute Gasteiger partial charge is 0.414 e. The molecule has 1 atom stereocenters. The van der Waals surface area contributed by atoms with E-state index >= 15 is 0 Å². The van der Waals surface area contributed by atoms with Gasteiger partial charge in [-0.2, -0.15) is 0 Å². The van der Waals surface area contributed by atoms with Crippen molar-refractivity contribution in [2.45, 2.75) is 19.9 Å². The van der Waals surface area contributed by atoms with Crippen LogP contribution in [0.4, 0.5) is 4.79 Å². The number of amides is 1. The van der Waals surface area contributed by atoms with Crippen molar-refractivity contribution < 1.29 is 9.53 Å². The topological polar surface area (TPSA) is 32.8 Å². The van der Waals surface area contributed by atoms with E-state index in [2.05, 4.69) is 35.7 Å². The summed E-state index contributed by atoms with van der Waals surface area (Å²) in [5.74, 6) is 0.945. The van der Waals surface area contributed by atoms with Gasteiger partial charge in [0.05, 0.1) is 5.76 Å². The number of hydrogen-bond acceptors (Lipinski definition) is 3. The molecule has 1 aliphatic heterocycles. The van der Waals surface area contributed by atoms with E-state index in [0.717, 1.165) is 32.6 Å². The fourth-order valence-corrected chi connectivity index (χ4v) is 2.74. The van der Waals surface area contributed by atoms with Crippen LogP contribution in [0.3, 0.4) is 0 Å². The van der Waals surface area contributed by atoms with Crippen molar-refractivity contribution in [2.24, 2.45) is 5.92 Å². The summed E-state index contributed by atoms with van der Waals surface area (Å²) in [5, 5.41) is 0. The average molecular weight is 288 g/mol. The number of carbonyl (C=O) groups is 1. The van der Waals surface area contributed by atoms with E-state index in [9.17, 15) is 4.79 Å². The van der Waals surface area contributed by atoms with Crippen LogP contribution in [-0.4, -0.2) is 42.6 Å². The van der Waals surface area contributed by atoms with E-state index in [-0.39, 0.29) is 6.09 Å². The third-order valence-electron chi connectivity index (χ3n) is 3.72. The Morgan fingerprint density at radius 1 is 1.43 bits per heavy atom. The second kappa shape index (κ2) is 7.27. The molecule has 0 spiro atoms. The van der Waals surface area contributed by atoms with Crippen LogP contribution in [0.25, 0.3) is 0 Å². The number of ether oxygens (including phenoxy) is 1. The Morgan fingerprint density at radius 3 is 2.81 bits per heavy atom. The van der Waals surface area contributed by atoms with Crippen molar-refractivity contribution >= 4 is 6.09 Å². The summed E-state index contributed by atoms with van der Waals surface area (Å²) in [6, 6.07) is 10.5. The molecule has 2 rings (SSSR count). The molecule has 1 fully saturated rings. The summed E-state index contributed by atoms with van der Waals surface area (Å²) in [6.07, 6.45) is 0.807. The van der Waals surface area contributed by atoms with Crippen LogP contribution >= 0.6 is 0 Å². The Balaban J connectivity index is 1.77. The van der Waals surface area contributed by atoms with Gasteiger partial charge < -0.3 is 9.64 Å². The number of carbonyl (C=O) groups excluding carboxylic acids is 1. The Bertz CT molecular complexity index is 487. The summed E-state index contributed by atoms with van der Waals surface area (Å²) in [7, 11) is 1.78. The maximum atomic E-state index is 11.7. The normalized spacial score (nSPS) is 18.5. The predicted octanol–water partition coefficient (Wildman–Crippen LogP) is 3.11. The molecule has 0 radical (unpaired) electrons. The molecule has 4 nitrogen and oxygen atoms in total. The highest BCUT2D eigenvalue weighted by Gasteiger charge is 2.25. The molecule has 0 aliphatic carbocycles. The minimum Gasteiger partial charge on any atom is -0.416 e. The average Bonchev–Trinajstić information content (AvgIpc) is 2.86. The number of benzene rings is 1. The molecule has 1 saturated heterocycles. The second-order valence-electron chi connectivity index (χ2n) is 5.83. The zero-order valence-corrected chi connectivity index (χ0v) is 12.9. The minimum atomic E-state index is -0.316. The number of rotatable bonds is 5. The molecule has 1 heterocycles. The van der Waals surface area contributed by atoms with Crippen molar-refractivity contribution in [2.75, 3.05) is 26.7 Å². The molecule has 1 amide bonds. The van der Waals surface area contributed by atoms with Crippen LogP contribution in [0.1, 0.15) is 18.9 Å². The van der Waals surface area contributed by atoms with Gasteiger partial charge in [-0.15, -0.1) is 0 Å². The lowest BCUT2D eigenvalue weighted by Gasteiger charge is -2.21. The van der Waals surface area contributed by atoms with E-state index in [0.29, 0.717) is 11.7 Å². The van der Waals surface area contributed by atoms with Gasteiger partial charge in [-0.05, 0) is 31.4 Å². The molecule has 1 unspecified atom stereocenters. The first kappa shape index (κ1) is 15.6. The van der Waals surface area contributed by atoms with Crippen molar-refractivity contribution in [3.63, 3.8) is 0 Å². The molecular weight excluding hydrogens is 264 g/mol. The van der Waals surface area contributed by atoms with Crippen LogP contribution in [0.15, 0.2) is 42.7 Å². The summed E-state index contributed by atoms with van der Waals surface area (Å²) < 4.78 is 5.02. The Hall–Kier alpha value is -1.81. The summed E-state index contributed by atoms with van der Waals surface area (Å²) >= 11 is 0. The number of likely N-dealkylation sites (tertiary alicyclic amines) is 1. The van der Waals surface area contributed by atoms with Crippen molar-refractivity contribution in [3.8, 4) is 0 Å². The molecule has 21 heavy (non-hydrogen) atoms. The third-order valence-corrected chi connectivity index (χ3v) is 3.72. The first-order chi connectivity index (χ1) is 10.0. The van der Waals surface area contributed by atoms with Gasteiger partial charge in [-0.25, -0.2) is 4.79 Å². The highest BCUT2D eigenvalue weighted by atomic mass is 16.6. The fourth-order valence-electron chi connectivity index (χ4n) is 2.74. The van der Waals surface area contributed by atoms with Crippen LogP contribution in [0.5, 0.6) is 0 Å². The molecule has 0 aromatic heterocycles. The van der Waals surface area contributed by atoms with Crippen LogP contribution < -0.4 is 0 Å². The van der Waals surface area contributed by atoms with Gasteiger partial charge in [0.2, 0.25) is 0 Å². The molecule has 0 saturated carbocycles. The maximum absolute atomic E-state index is 11.7. The van der Waals surface area contributed by atoms with E-state index in [1.54, 1.807) is 18.9 Å². The van der Waals surface area contributed by atoms with E-state index in [4.69, 9.17) is 4.74 Å². The molecule has 1 aromatic rings. The SMILES string of the molecule is C=C(C)OC(=O)N(C)CC1CCN(Cc2ccccc2)C1.